The van der Waals surface area contributed by atoms with E-state index in [0.717, 1.165) is 18.0 Å². The number of hydrogen-bond acceptors (Lipinski definition) is 2. The zero-order valence-corrected chi connectivity index (χ0v) is 8.92. The van der Waals surface area contributed by atoms with Gasteiger partial charge >= 0.3 is 0 Å². The van der Waals surface area contributed by atoms with Gasteiger partial charge in [-0.05, 0) is 31.7 Å². The Balaban J connectivity index is 1.68. The highest BCUT2D eigenvalue weighted by Gasteiger charge is 2.40. The molecule has 0 spiro atoms. The Hall–Kier alpha value is -0.0800. The summed E-state index contributed by atoms with van der Waals surface area (Å²) >= 11 is 0. The molecule has 76 valence electrons. The van der Waals surface area contributed by atoms with E-state index in [0.29, 0.717) is 0 Å². The highest BCUT2D eigenvalue weighted by atomic mass is 15.2. The molecule has 3 unspecified atom stereocenters. The average molecular weight is 182 g/mol. The average Bonchev–Trinajstić information content (AvgIpc) is 2.67. The van der Waals surface area contributed by atoms with E-state index in [4.69, 9.17) is 0 Å². The second-order valence-electron chi connectivity index (χ2n) is 4.71. The summed E-state index contributed by atoms with van der Waals surface area (Å²) in [6.07, 6.45) is 4.07. The topological polar surface area (TPSA) is 15.3 Å². The molecule has 0 bridgehead atoms. The summed E-state index contributed by atoms with van der Waals surface area (Å²) < 4.78 is 0. The quantitative estimate of drug-likeness (QED) is 0.708. The Morgan fingerprint density at radius 2 is 2.23 bits per heavy atom. The van der Waals surface area contributed by atoms with E-state index in [2.05, 4.69) is 24.1 Å². The normalized spacial score (nSPS) is 39.7. The Labute approximate surface area is 81.7 Å². The van der Waals surface area contributed by atoms with Gasteiger partial charge in [0.25, 0.3) is 0 Å². The molecule has 1 heterocycles. The van der Waals surface area contributed by atoms with Gasteiger partial charge in [-0.15, -0.1) is 0 Å². The molecule has 0 aromatic rings. The number of rotatable bonds is 4. The van der Waals surface area contributed by atoms with Crippen molar-refractivity contribution in [3.05, 3.63) is 0 Å². The second kappa shape index (κ2) is 3.97. The molecule has 1 saturated carbocycles. The first-order valence-electron chi connectivity index (χ1n) is 5.78. The first kappa shape index (κ1) is 9.47. The number of likely N-dealkylation sites (tertiary alicyclic amines) is 1. The summed E-state index contributed by atoms with van der Waals surface area (Å²) in [6, 6.07) is 1.72. The minimum atomic E-state index is 0.785. The van der Waals surface area contributed by atoms with E-state index in [-0.39, 0.29) is 0 Å². The Kier molecular flexibility index (Phi) is 2.89. The van der Waals surface area contributed by atoms with Gasteiger partial charge in [0.15, 0.2) is 0 Å². The van der Waals surface area contributed by atoms with Gasteiger partial charge < -0.3 is 5.32 Å². The van der Waals surface area contributed by atoms with Crippen LogP contribution in [-0.2, 0) is 0 Å². The molecule has 0 radical (unpaired) electrons. The Morgan fingerprint density at radius 1 is 1.46 bits per heavy atom. The van der Waals surface area contributed by atoms with E-state index in [1.54, 1.807) is 0 Å². The maximum atomic E-state index is 3.62. The van der Waals surface area contributed by atoms with Gasteiger partial charge in [0.05, 0.1) is 0 Å². The summed E-state index contributed by atoms with van der Waals surface area (Å²) in [5.41, 5.74) is 0. The summed E-state index contributed by atoms with van der Waals surface area (Å²) in [5, 5.41) is 3.62. The minimum Gasteiger partial charge on any atom is -0.313 e. The maximum absolute atomic E-state index is 3.62. The summed E-state index contributed by atoms with van der Waals surface area (Å²) in [6.45, 7) is 8.43. The molecule has 2 aliphatic rings. The summed E-state index contributed by atoms with van der Waals surface area (Å²) in [5.74, 6) is 0.977. The Bertz CT molecular complexity index is 169. The van der Waals surface area contributed by atoms with Crippen molar-refractivity contribution < 1.29 is 0 Å². The molecule has 1 aliphatic carbocycles. The third-order valence-electron chi connectivity index (χ3n) is 3.44. The standard InChI is InChI=1S/C11H22N2/c1-3-5-12-10-4-6-13(8-10)11-7-9(11)2/h9-12H,3-8H2,1-2H3. The molecule has 2 nitrogen and oxygen atoms in total. The van der Waals surface area contributed by atoms with Crippen molar-refractivity contribution in [3.8, 4) is 0 Å². The van der Waals surface area contributed by atoms with Crippen LogP contribution in [0.3, 0.4) is 0 Å². The van der Waals surface area contributed by atoms with E-state index in [1.165, 1.54) is 38.9 Å². The van der Waals surface area contributed by atoms with E-state index >= 15 is 0 Å². The zero-order valence-electron chi connectivity index (χ0n) is 8.92. The van der Waals surface area contributed by atoms with Crippen LogP contribution in [0.15, 0.2) is 0 Å². The van der Waals surface area contributed by atoms with Crippen molar-refractivity contribution in [1.82, 2.24) is 10.2 Å². The first-order valence-corrected chi connectivity index (χ1v) is 5.78. The second-order valence-corrected chi connectivity index (χ2v) is 4.71. The fraction of sp³-hybridized carbons (Fsp3) is 1.00. The fourth-order valence-corrected chi connectivity index (χ4v) is 2.41. The largest absolute Gasteiger partial charge is 0.313 e. The van der Waals surface area contributed by atoms with Crippen molar-refractivity contribution in [2.75, 3.05) is 19.6 Å². The lowest BCUT2D eigenvalue weighted by Crippen LogP contribution is -2.33. The van der Waals surface area contributed by atoms with Crippen molar-refractivity contribution in [2.45, 2.75) is 45.2 Å². The monoisotopic (exact) mass is 182 g/mol. The first-order chi connectivity index (χ1) is 6.31. The van der Waals surface area contributed by atoms with Gasteiger partial charge in [0.2, 0.25) is 0 Å². The lowest BCUT2D eigenvalue weighted by Gasteiger charge is -2.16. The van der Waals surface area contributed by atoms with Gasteiger partial charge in [-0.2, -0.15) is 0 Å². The smallest absolute Gasteiger partial charge is 0.0207 e. The van der Waals surface area contributed by atoms with Crippen LogP contribution in [-0.4, -0.2) is 36.6 Å². The van der Waals surface area contributed by atoms with Crippen LogP contribution >= 0.6 is 0 Å². The van der Waals surface area contributed by atoms with Crippen LogP contribution in [0.4, 0.5) is 0 Å². The third-order valence-corrected chi connectivity index (χ3v) is 3.44. The van der Waals surface area contributed by atoms with Crippen LogP contribution in [0.2, 0.25) is 0 Å². The van der Waals surface area contributed by atoms with Crippen molar-refractivity contribution in [1.29, 1.82) is 0 Å². The van der Waals surface area contributed by atoms with E-state index in [9.17, 15) is 0 Å². The van der Waals surface area contributed by atoms with Gasteiger partial charge in [-0.3, -0.25) is 4.90 Å². The summed E-state index contributed by atoms with van der Waals surface area (Å²) in [4.78, 5) is 2.68. The molecular formula is C11H22N2. The van der Waals surface area contributed by atoms with Gasteiger partial charge in [0.1, 0.15) is 0 Å². The van der Waals surface area contributed by atoms with Crippen LogP contribution in [0, 0.1) is 5.92 Å². The fourth-order valence-electron chi connectivity index (χ4n) is 2.41. The van der Waals surface area contributed by atoms with Gasteiger partial charge in [-0.1, -0.05) is 13.8 Å². The highest BCUT2D eigenvalue weighted by Crippen LogP contribution is 2.36. The zero-order chi connectivity index (χ0) is 9.26. The molecule has 2 heteroatoms. The minimum absolute atomic E-state index is 0.785. The molecule has 13 heavy (non-hydrogen) atoms. The predicted molar refractivity (Wildman–Crippen MR) is 55.8 cm³/mol. The SMILES string of the molecule is CCCNC1CCN(C2CC2C)C1. The molecule has 1 N–H and O–H groups in total. The van der Waals surface area contributed by atoms with Crippen LogP contribution in [0.1, 0.15) is 33.1 Å². The number of nitrogens with zero attached hydrogens (tertiary/aromatic N) is 1. The van der Waals surface area contributed by atoms with Crippen molar-refractivity contribution in [2.24, 2.45) is 5.92 Å². The molecular weight excluding hydrogens is 160 g/mol. The van der Waals surface area contributed by atoms with Crippen LogP contribution < -0.4 is 5.32 Å². The highest BCUT2D eigenvalue weighted by molar-refractivity contribution is 4.96. The van der Waals surface area contributed by atoms with Crippen LogP contribution in [0.25, 0.3) is 0 Å². The van der Waals surface area contributed by atoms with Crippen molar-refractivity contribution >= 4 is 0 Å². The molecule has 2 fully saturated rings. The molecule has 1 aliphatic heterocycles. The lowest BCUT2D eigenvalue weighted by atomic mass is 10.2. The molecule has 0 aromatic carbocycles. The van der Waals surface area contributed by atoms with E-state index in [1.807, 2.05) is 0 Å². The van der Waals surface area contributed by atoms with Gasteiger partial charge in [-0.25, -0.2) is 0 Å². The molecule has 0 aromatic heterocycles. The lowest BCUT2D eigenvalue weighted by molar-refractivity contribution is 0.305. The predicted octanol–water partition coefficient (Wildman–Crippen LogP) is 1.47. The molecule has 2 rings (SSSR count). The Morgan fingerprint density at radius 3 is 2.85 bits per heavy atom. The van der Waals surface area contributed by atoms with E-state index < -0.39 is 0 Å². The number of hydrogen-bond donors (Lipinski definition) is 1. The molecule has 1 saturated heterocycles. The maximum Gasteiger partial charge on any atom is 0.0207 e. The summed E-state index contributed by atoms with van der Waals surface area (Å²) in [7, 11) is 0. The van der Waals surface area contributed by atoms with Crippen molar-refractivity contribution in [3.63, 3.8) is 0 Å². The molecule has 3 atom stereocenters. The van der Waals surface area contributed by atoms with Crippen LogP contribution in [0.5, 0.6) is 0 Å². The van der Waals surface area contributed by atoms with Gasteiger partial charge in [0, 0.05) is 25.2 Å². The number of nitrogens with one attached hydrogen (secondary N) is 1. The molecule has 0 amide bonds. The third kappa shape index (κ3) is 2.23.